The van der Waals surface area contributed by atoms with Crippen LogP contribution in [0.4, 0.5) is 11.4 Å². The molecule has 8 rings (SSSR count). The lowest BCUT2D eigenvalue weighted by molar-refractivity contribution is 0.0695. The third-order valence-corrected chi connectivity index (χ3v) is 11.1. The number of hydrogen-bond acceptors (Lipinski definition) is 10. The number of benzene rings is 5. The SMILES string of the molecule is Cc1cc(S(=O)(=O)O)c(Cc2nc(Cc3ccccc3C(=O)O)nc(=O)[nH]2)cc1Nc1ccc2c3c1C(=O)c1ccccc1-c3c(C(=O)c1ccccc1)c(=O)n2C. The minimum absolute atomic E-state index is 0.00102. The number of carboxylic acid groups (broad SMARTS) is 1. The Hall–Kier alpha value is -7.36. The minimum Gasteiger partial charge on any atom is -0.478 e. The number of H-pyrrole nitrogens is 1. The van der Waals surface area contributed by atoms with E-state index in [0.29, 0.717) is 44.4 Å². The number of rotatable bonds is 10. The first-order valence-electron chi connectivity index (χ1n) is 17.8. The summed E-state index contributed by atoms with van der Waals surface area (Å²) in [5.74, 6) is -2.10. The lowest BCUT2D eigenvalue weighted by Gasteiger charge is -2.26. The summed E-state index contributed by atoms with van der Waals surface area (Å²) < 4.78 is 37.1. The summed E-state index contributed by atoms with van der Waals surface area (Å²) in [5.41, 5.74) is 1.79. The number of nitrogens with zero attached hydrogens (tertiary/aromatic N) is 3. The van der Waals surface area contributed by atoms with E-state index < -0.39 is 38.0 Å². The van der Waals surface area contributed by atoms with Crippen LogP contribution in [0.3, 0.4) is 0 Å². The molecule has 7 aromatic rings. The summed E-state index contributed by atoms with van der Waals surface area (Å²) in [5, 5.41) is 13.3. The molecule has 0 amide bonds. The maximum absolute atomic E-state index is 14.5. The van der Waals surface area contributed by atoms with Crippen molar-refractivity contribution in [3.8, 4) is 11.1 Å². The van der Waals surface area contributed by atoms with Gasteiger partial charge in [-0.1, -0.05) is 72.8 Å². The highest BCUT2D eigenvalue weighted by atomic mass is 32.2. The first kappa shape index (κ1) is 37.6. The van der Waals surface area contributed by atoms with Crippen LogP contribution in [0.15, 0.2) is 118 Å². The summed E-state index contributed by atoms with van der Waals surface area (Å²) in [4.78, 5) is 77.4. The van der Waals surface area contributed by atoms with Crippen LogP contribution in [-0.2, 0) is 30.0 Å². The zero-order valence-corrected chi connectivity index (χ0v) is 31.5. The first-order valence-corrected chi connectivity index (χ1v) is 19.2. The number of aromatic nitrogens is 4. The van der Waals surface area contributed by atoms with Gasteiger partial charge in [0.25, 0.3) is 15.7 Å². The number of pyridine rings is 1. The zero-order valence-electron chi connectivity index (χ0n) is 30.7. The Morgan fingerprint density at radius 1 is 0.793 bits per heavy atom. The number of aromatic carboxylic acids is 1. The molecule has 0 aliphatic heterocycles. The summed E-state index contributed by atoms with van der Waals surface area (Å²) in [6.07, 6.45) is -0.428. The van der Waals surface area contributed by atoms with Gasteiger partial charge in [0.2, 0.25) is 0 Å². The van der Waals surface area contributed by atoms with E-state index in [-0.39, 0.29) is 63.8 Å². The Balaban J connectivity index is 1.27. The number of carbonyl (C=O) groups excluding carboxylic acids is 2. The van der Waals surface area contributed by atoms with Gasteiger partial charge >= 0.3 is 11.7 Å². The van der Waals surface area contributed by atoms with Crippen LogP contribution >= 0.6 is 0 Å². The van der Waals surface area contributed by atoms with E-state index in [9.17, 15) is 42.0 Å². The fourth-order valence-electron chi connectivity index (χ4n) is 7.48. The average molecular weight is 794 g/mol. The average Bonchev–Trinajstić information content (AvgIpc) is 3.19. The third-order valence-electron chi connectivity index (χ3n) is 10.1. The Morgan fingerprint density at radius 2 is 1.48 bits per heavy atom. The van der Waals surface area contributed by atoms with Crippen molar-refractivity contribution in [1.29, 1.82) is 0 Å². The largest absolute Gasteiger partial charge is 0.478 e. The predicted octanol–water partition coefficient (Wildman–Crippen LogP) is 5.64. The summed E-state index contributed by atoms with van der Waals surface area (Å²) >= 11 is 0. The molecule has 58 heavy (non-hydrogen) atoms. The van der Waals surface area contributed by atoms with Gasteiger partial charge in [0, 0.05) is 47.7 Å². The highest BCUT2D eigenvalue weighted by Crippen LogP contribution is 2.44. The molecule has 0 saturated carbocycles. The predicted molar refractivity (Wildman–Crippen MR) is 214 cm³/mol. The van der Waals surface area contributed by atoms with Gasteiger partial charge in [-0.25, -0.2) is 14.6 Å². The molecule has 0 bridgehead atoms. The van der Waals surface area contributed by atoms with E-state index in [2.05, 4.69) is 20.3 Å². The minimum atomic E-state index is -4.82. The van der Waals surface area contributed by atoms with Crippen molar-refractivity contribution in [1.82, 2.24) is 19.5 Å². The molecule has 4 N–H and O–H groups in total. The standard InChI is InChI=1S/C43H31N5O9S/c1-22-18-32(58(55,56)57)25(21-34-45-33(46-43(54)47-34)20-24-12-6-7-13-26(24)42(52)53)19-30(22)44-29-16-17-31-37-35(27-14-8-9-15-28(27)40(50)36(29)37)38(41(51)48(31)2)39(49)23-10-4-3-5-11-23/h3-19,44H,20-21H2,1-2H3,(H,52,53)(H,55,56,57)(H,45,46,47,54). The molecule has 2 heterocycles. The highest BCUT2D eigenvalue weighted by molar-refractivity contribution is 7.85. The van der Waals surface area contributed by atoms with Crippen LogP contribution in [0.25, 0.3) is 22.0 Å². The number of aryl methyl sites for hydroxylation is 2. The number of ketones is 2. The van der Waals surface area contributed by atoms with E-state index in [0.717, 1.165) is 0 Å². The van der Waals surface area contributed by atoms with Gasteiger partial charge in [-0.05, 0) is 59.5 Å². The van der Waals surface area contributed by atoms with Gasteiger partial charge in [-0.3, -0.25) is 23.9 Å². The molecule has 0 spiro atoms. The van der Waals surface area contributed by atoms with Crippen LogP contribution in [0, 0.1) is 6.92 Å². The monoisotopic (exact) mass is 793 g/mol. The molecular weight excluding hydrogens is 763 g/mol. The van der Waals surface area contributed by atoms with E-state index in [1.807, 2.05) is 0 Å². The van der Waals surface area contributed by atoms with Gasteiger partial charge in [0.1, 0.15) is 11.6 Å². The Kier molecular flexibility index (Phi) is 9.26. The van der Waals surface area contributed by atoms with Crippen molar-refractivity contribution in [3.05, 3.63) is 180 Å². The van der Waals surface area contributed by atoms with Crippen molar-refractivity contribution in [2.45, 2.75) is 24.7 Å². The lowest BCUT2D eigenvalue weighted by Crippen LogP contribution is -2.29. The van der Waals surface area contributed by atoms with Crippen LogP contribution in [0.1, 0.15) is 70.5 Å². The van der Waals surface area contributed by atoms with Gasteiger partial charge in [0.15, 0.2) is 11.6 Å². The molecule has 1 aliphatic carbocycles. The molecule has 14 nitrogen and oxygen atoms in total. The van der Waals surface area contributed by atoms with E-state index in [1.165, 1.54) is 29.8 Å². The highest BCUT2D eigenvalue weighted by Gasteiger charge is 2.34. The molecule has 2 aromatic heterocycles. The lowest BCUT2D eigenvalue weighted by atomic mass is 9.80. The topological polar surface area (TPSA) is 218 Å². The maximum atomic E-state index is 14.5. The van der Waals surface area contributed by atoms with E-state index in [1.54, 1.807) is 91.9 Å². The maximum Gasteiger partial charge on any atom is 0.348 e. The van der Waals surface area contributed by atoms with E-state index in [4.69, 9.17) is 0 Å². The third kappa shape index (κ3) is 6.57. The number of nitrogens with one attached hydrogen (secondary N) is 2. The molecular formula is C43H31N5O9S. The number of carboxylic acids is 1. The Bertz CT molecular complexity index is 3160. The number of hydrogen-bond donors (Lipinski definition) is 4. The molecule has 0 radical (unpaired) electrons. The quantitative estimate of drug-likeness (QED) is 0.0977. The smallest absolute Gasteiger partial charge is 0.348 e. The molecule has 0 atom stereocenters. The number of fused-ring (bicyclic) bond motifs is 2. The van der Waals surface area contributed by atoms with Crippen molar-refractivity contribution < 1.29 is 32.5 Å². The zero-order chi connectivity index (χ0) is 41.0. The van der Waals surface area contributed by atoms with Gasteiger partial charge < -0.3 is 15.0 Å². The summed E-state index contributed by atoms with van der Waals surface area (Å²) in [7, 11) is -3.29. The fraction of sp³-hybridized carbons (Fsp3) is 0.0930. The molecule has 0 fully saturated rings. The Morgan fingerprint density at radius 3 is 2.21 bits per heavy atom. The molecule has 288 valence electrons. The molecule has 5 aromatic carbocycles. The molecule has 0 saturated heterocycles. The molecule has 1 aliphatic rings. The first-order chi connectivity index (χ1) is 27.7. The van der Waals surface area contributed by atoms with Crippen LogP contribution < -0.4 is 16.6 Å². The van der Waals surface area contributed by atoms with Gasteiger partial charge in [-0.2, -0.15) is 13.4 Å². The van der Waals surface area contributed by atoms with Crippen molar-refractivity contribution >= 4 is 49.9 Å². The number of aromatic amines is 1. The Labute approximate surface area is 329 Å². The normalized spacial score (nSPS) is 12.0. The van der Waals surface area contributed by atoms with Crippen molar-refractivity contribution in [3.63, 3.8) is 0 Å². The number of anilines is 2. The second-order valence-corrected chi connectivity index (χ2v) is 15.2. The van der Waals surface area contributed by atoms with Crippen LogP contribution in [0.2, 0.25) is 0 Å². The molecule has 15 heteroatoms. The van der Waals surface area contributed by atoms with Crippen LogP contribution in [0.5, 0.6) is 0 Å². The number of carbonyl (C=O) groups is 3. The van der Waals surface area contributed by atoms with Crippen molar-refractivity contribution in [2.75, 3.05) is 5.32 Å². The fourth-order valence-corrected chi connectivity index (χ4v) is 8.27. The summed E-state index contributed by atoms with van der Waals surface area (Å²) in [6, 6.07) is 27.2. The van der Waals surface area contributed by atoms with Crippen LogP contribution in [-0.4, -0.2) is 55.1 Å². The molecule has 0 unspecified atom stereocenters. The summed E-state index contributed by atoms with van der Waals surface area (Å²) in [6.45, 7) is 1.60. The second kappa shape index (κ2) is 14.3. The van der Waals surface area contributed by atoms with E-state index >= 15 is 0 Å². The van der Waals surface area contributed by atoms with Crippen molar-refractivity contribution in [2.24, 2.45) is 7.05 Å². The van der Waals surface area contributed by atoms with Gasteiger partial charge in [0.05, 0.1) is 32.8 Å². The second-order valence-electron chi connectivity index (χ2n) is 13.8. The van der Waals surface area contributed by atoms with Gasteiger partial charge in [-0.15, -0.1) is 0 Å².